The predicted octanol–water partition coefficient (Wildman–Crippen LogP) is 4.82. The molecular weight excluding hydrogens is 701 g/mol. The van der Waals surface area contributed by atoms with E-state index in [1.54, 1.807) is 4.72 Å². The number of aliphatic hydroxyl groups is 2. The van der Waals surface area contributed by atoms with Crippen molar-refractivity contribution in [2.24, 2.45) is 50.7 Å². The fourth-order valence-electron chi connectivity index (χ4n) is 14.3. The average molecular weight is 763 g/mol. The van der Waals surface area contributed by atoms with Crippen molar-refractivity contribution >= 4 is 10.0 Å². The highest BCUT2D eigenvalue weighted by molar-refractivity contribution is 7.90. The Morgan fingerprint density at radius 1 is 1.00 bits per heavy atom. The second-order valence-corrected chi connectivity index (χ2v) is 21.6. The van der Waals surface area contributed by atoms with E-state index < -0.39 is 50.9 Å². The topological polar surface area (TPSA) is 127 Å². The van der Waals surface area contributed by atoms with Gasteiger partial charge in [-0.15, -0.1) is 0 Å². The lowest BCUT2D eigenvalue weighted by molar-refractivity contribution is -0.256. The number of fused-ring (bicyclic) bond motifs is 4. The molecule has 8 aliphatic rings. The highest BCUT2D eigenvalue weighted by Gasteiger charge is 2.84. The van der Waals surface area contributed by atoms with Crippen LogP contribution in [-0.4, -0.2) is 110 Å². The van der Waals surface area contributed by atoms with Crippen LogP contribution in [0.3, 0.4) is 0 Å². The Balaban J connectivity index is 1.03. The van der Waals surface area contributed by atoms with Crippen molar-refractivity contribution < 1.29 is 50.7 Å². The molecule has 5 aliphatic carbocycles. The molecule has 0 aromatic carbocycles. The maximum absolute atomic E-state index is 13.5. The number of aliphatic hydroxyl groups excluding tert-OH is 1. The first-order chi connectivity index (χ1) is 24.0. The van der Waals surface area contributed by atoms with Gasteiger partial charge in [0.2, 0.25) is 0 Å². The van der Waals surface area contributed by atoms with Gasteiger partial charge < -0.3 is 29.2 Å². The van der Waals surface area contributed by atoms with Crippen LogP contribution in [0.4, 0.5) is 13.2 Å². The summed E-state index contributed by atoms with van der Waals surface area (Å²) < 4.78 is 91.9. The van der Waals surface area contributed by atoms with Crippen molar-refractivity contribution in [1.29, 1.82) is 0 Å². The highest BCUT2D eigenvalue weighted by atomic mass is 32.2. The third-order valence-electron chi connectivity index (χ3n) is 17.0. The molecule has 0 radical (unpaired) electrons. The van der Waals surface area contributed by atoms with Gasteiger partial charge in [-0.25, -0.2) is 8.42 Å². The molecule has 0 bridgehead atoms. The summed E-state index contributed by atoms with van der Waals surface area (Å²) >= 11 is 0. The van der Waals surface area contributed by atoms with Crippen LogP contribution in [0.5, 0.6) is 0 Å². The van der Waals surface area contributed by atoms with Crippen molar-refractivity contribution in [2.75, 3.05) is 32.9 Å². The van der Waals surface area contributed by atoms with Gasteiger partial charge in [0.1, 0.15) is 0 Å². The first-order valence-electron chi connectivity index (χ1n) is 19.8. The zero-order valence-corrected chi connectivity index (χ0v) is 32.7. The third-order valence-corrected chi connectivity index (χ3v) is 18.2. The quantitative estimate of drug-likeness (QED) is 0.335. The molecule has 0 amide bonds. The van der Waals surface area contributed by atoms with Gasteiger partial charge in [-0.1, -0.05) is 34.6 Å². The molecule has 8 rings (SSSR count). The second-order valence-electron chi connectivity index (χ2n) is 19.9. The van der Waals surface area contributed by atoms with Gasteiger partial charge in [0, 0.05) is 12.0 Å². The number of morpholine rings is 1. The summed E-state index contributed by atoms with van der Waals surface area (Å²) in [4.78, 5) is 2.44. The molecule has 3 saturated heterocycles. The smallest absolute Gasteiger partial charge is 0.390 e. The number of rotatable bonds is 7. The molecule has 0 aromatic heterocycles. The van der Waals surface area contributed by atoms with E-state index >= 15 is 0 Å². The molecule has 14 atom stereocenters. The van der Waals surface area contributed by atoms with Crippen LogP contribution in [-0.2, 0) is 29.0 Å². The number of nitrogens with zero attached hydrogens (tertiary/aromatic N) is 1. The molecule has 3 heterocycles. The summed E-state index contributed by atoms with van der Waals surface area (Å²) in [6, 6.07) is -1.10. The molecule has 3 N–H and O–H groups in total. The van der Waals surface area contributed by atoms with E-state index in [1.165, 1.54) is 13.8 Å². The van der Waals surface area contributed by atoms with E-state index in [-0.39, 0.29) is 58.2 Å². The number of hydrogen-bond donors (Lipinski definition) is 3. The SMILES string of the molecule is C[C@@H]1CC([C@H](NS(=O)(=O)C(F)(F)F)C(C)(C)O)OC2[C@H]1[C@@]1(C)CC[C@@]34C[C@@]35CCC(O[C@H]3CN(C6COC6)CCO3)C(C)(C)[C@@H]5CCC4[C@]1(C)[C@H]2O. The first-order valence-corrected chi connectivity index (χ1v) is 21.3. The van der Waals surface area contributed by atoms with Gasteiger partial charge in [-0.05, 0) is 111 Å². The van der Waals surface area contributed by atoms with Crippen molar-refractivity contribution in [3.05, 3.63) is 0 Å². The molecule has 52 heavy (non-hydrogen) atoms. The van der Waals surface area contributed by atoms with Gasteiger partial charge in [-0.3, -0.25) is 4.90 Å². The van der Waals surface area contributed by atoms with E-state index in [2.05, 4.69) is 39.5 Å². The normalized spacial score (nSPS) is 49.8. The van der Waals surface area contributed by atoms with Crippen molar-refractivity contribution in [1.82, 2.24) is 9.62 Å². The summed E-state index contributed by atoms with van der Waals surface area (Å²) in [6.45, 7) is 17.9. The Labute approximate surface area is 307 Å². The minimum absolute atomic E-state index is 0.0530. The van der Waals surface area contributed by atoms with E-state index in [9.17, 15) is 31.8 Å². The first kappa shape index (κ1) is 38.3. The summed E-state index contributed by atoms with van der Waals surface area (Å²) in [5.41, 5.74) is -7.95. The predicted molar refractivity (Wildman–Crippen MR) is 185 cm³/mol. The van der Waals surface area contributed by atoms with Crippen molar-refractivity contribution in [2.45, 2.75) is 154 Å². The fraction of sp³-hybridized carbons (Fsp3) is 1.00. The lowest BCUT2D eigenvalue weighted by atomic mass is 9.41. The number of nitrogens with one attached hydrogen (secondary N) is 1. The summed E-state index contributed by atoms with van der Waals surface area (Å²) in [6.07, 6.45) is 4.74. The summed E-state index contributed by atoms with van der Waals surface area (Å²) in [7, 11) is -5.76. The van der Waals surface area contributed by atoms with Crippen LogP contribution < -0.4 is 4.72 Å². The molecule has 14 heteroatoms. The molecular formula is C38H61F3N2O8S. The monoisotopic (exact) mass is 762 g/mol. The van der Waals surface area contributed by atoms with Gasteiger partial charge in [-0.2, -0.15) is 17.9 Å². The van der Waals surface area contributed by atoms with E-state index in [0.717, 1.165) is 71.2 Å². The standard InChI is InChI=1S/C38H61F3N2O8S/c1-21-16-23(30(33(4,5)45)42-52(46,47)38(39,40)41)50-29-28(21)34(6)12-13-37-20-36(37)11-10-26(51-27-17-43(14-15-49-27)22-18-48-19-22)32(2,3)24(36)8-9-25(37)35(34,7)31(29)44/h21-31,42,44-45H,8-20H2,1-7H3/t21-,23?,24+,25?,26?,27+,28+,29?,30+,31+,34-,35-,36-,37+/m1/s1. The zero-order chi connectivity index (χ0) is 37.7. The number of ether oxygens (including phenoxy) is 4. The minimum Gasteiger partial charge on any atom is -0.390 e. The van der Waals surface area contributed by atoms with Crippen LogP contribution in [0.2, 0.25) is 0 Å². The molecule has 298 valence electrons. The van der Waals surface area contributed by atoms with Crippen LogP contribution in [0, 0.1) is 50.7 Å². The van der Waals surface area contributed by atoms with E-state index in [0.29, 0.717) is 18.6 Å². The molecule has 5 saturated carbocycles. The molecule has 10 nitrogen and oxygen atoms in total. The Morgan fingerprint density at radius 2 is 1.67 bits per heavy atom. The fourth-order valence-corrected chi connectivity index (χ4v) is 15.3. The van der Waals surface area contributed by atoms with Gasteiger partial charge in [0.15, 0.2) is 6.29 Å². The maximum atomic E-state index is 13.5. The average Bonchev–Trinajstić information content (AvgIpc) is 3.64. The maximum Gasteiger partial charge on any atom is 0.511 e. The van der Waals surface area contributed by atoms with Crippen molar-refractivity contribution in [3.8, 4) is 0 Å². The second kappa shape index (κ2) is 12.0. The van der Waals surface area contributed by atoms with Gasteiger partial charge in [0.25, 0.3) is 0 Å². The number of halogens is 3. The van der Waals surface area contributed by atoms with E-state index in [4.69, 9.17) is 18.9 Å². The number of alkyl halides is 3. The largest absolute Gasteiger partial charge is 0.511 e. The van der Waals surface area contributed by atoms with E-state index in [1.807, 2.05) is 0 Å². The third kappa shape index (κ3) is 5.19. The highest BCUT2D eigenvalue weighted by Crippen LogP contribution is 2.89. The Morgan fingerprint density at radius 3 is 2.31 bits per heavy atom. The van der Waals surface area contributed by atoms with Crippen LogP contribution in [0.25, 0.3) is 0 Å². The molecule has 8 fully saturated rings. The lowest BCUT2D eigenvalue weighted by Crippen LogP contribution is -2.61. The molecule has 3 aliphatic heterocycles. The summed E-state index contributed by atoms with van der Waals surface area (Å²) in [5.74, 6) is 0.603. The molecule has 2 spiro atoms. The van der Waals surface area contributed by atoms with Gasteiger partial charge >= 0.3 is 15.5 Å². The molecule has 0 aromatic rings. The minimum atomic E-state index is -5.76. The van der Waals surface area contributed by atoms with Crippen LogP contribution in [0.15, 0.2) is 0 Å². The summed E-state index contributed by atoms with van der Waals surface area (Å²) in [5, 5.41) is 23.6. The van der Waals surface area contributed by atoms with Gasteiger partial charge in [0.05, 0.1) is 68.5 Å². The zero-order valence-electron chi connectivity index (χ0n) is 31.9. The van der Waals surface area contributed by atoms with Crippen molar-refractivity contribution in [3.63, 3.8) is 0 Å². The Bertz CT molecular complexity index is 1520. The number of sulfonamides is 1. The Kier molecular flexibility index (Phi) is 8.82. The Hall–Kier alpha value is -0.580. The van der Waals surface area contributed by atoms with Crippen LogP contribution >= 0.6 is 0 Å². The van der Waals surface area contributed by atoms with Crippen LogP contribution in [0.1, 0.15) is 99.8 Å². The lowest BCUT2D eigenvalue weighted by Gasteiger charge is -2.64. The molecule has 4 unspecified atom stereocenters. The number of hydrogen-bond acceptors (Lipinski definition) is 9.